The van der Waals surface area contributed by atoms with Gasteiger partial charge in [-0.2, -0.15) is 0 Å². The molecule has 2 saturated carbocycles. The Kier molecular flexibility index (Phi) is 3.45. The van der Waals surface area contributed by atoms with Crippen LogP contribution >= 0.6 is 0 Å². The Morgan fingerprint density at radius 2 is 1.61 bits per heavy atom. The number of rotatable bonds is 1. The Labute approximate surface area is 109 Å². The van der Waals surface area contributed by atoms with Crippen molar-refractivity contribution in [3.8, 4) is 0 Å². The molecule has 100 valence electrons. The smallest absolute Gasteiger partial charge is 0.310 e. The van der Waals surface area contributed by atoms with Gasteiger partial charge >= 0.3 is 5.97 Å². The largest absolute Gasteiger partial charge is 0.481 e. The molecule has 0 aromatic heterocycles. The van der Waals surface area contributed by atoms with Crippen molar-refractivity contribution in [2.75, 3.05) is 0 Å². The van der Waals surface area contributed by atoms with Gasteiger partial charge in [-0.15, -0.1) is 0 Å². The van der Waals surface area contributed by atoms with Gasteiger partial charge in [-0.3, -0.25) is 4.79 Å². The lowest BCUT2D eigenvalue weighted by molar-refractivity contribution is -0.140. The molecule has 0 radical (unpaired) electrons. The molecule has 5 unspecified atom stereocenters. The number of aliphatic carboxylic acids is 1. The second-order valence-corrected chi connectivity index (χ2v) is 6.53. The van der Waals surface area contributed by atoms with Crippen LogP contribution < -0.4 is 0 Å². The average Bonchev–Trinajstić information content (AvgIpc) is 2.61. The van der Waals surface area contributed by atoms with Gasteiger partial charge in [-0.25, -0.2) is 0 Å². The summed E-state index contributed by atoms with van der Waals surface area (Å²) in [6.45, 7) is 0. The van der Waals surface area contributed by atoms with Crippen LogP contribution in [-0.4, -0.2) is 11.1 Å². The number of hydrogen-bond donors (Lipinski definition) is 1. The Morgan fingerprint density at radius 3 is 2.44 bits per heavy atom. The molecule has 18 heavy (non-hydrogen) atoms. The minimum atomic E-state index is -0.634. The number of fused-ring (bicyclic) bond motifs is 3. The van der Waals surface area contributed by atoms with Crippen molar-refractivity contribution in [3.05, 3.63) is 12.2 Å². The molecule has 1 N–H and O–H groups in total. The first-order chi connectivity index (χ1) is 8.75. The van der Waals surface area contributed by atoms with Crippen LogP contribution in [-0.2, 0) is 4.79 Å². The molecule has 5 atom stereocenters. The van der Waals surface area contributed by atoms with Gasteiger partial charge in [0.2, 0.25) is 0 Å². The van der Waals surface area contributed by atoms with E-state index in [0.717, 1.165) is 30.6 Å². The Balaban J connectivity index is 1.78. The highest BCUT2D eigenvalue weighted by atomic mass is 16.4. The third kappa shape index (κ3) is 2.22. The molecule has 2 fully saturated rings. The summed E-state index contributed by atoms with van der Waals surface area (Å²) >= 11 is 0. The summed E-state index contributed by atoms with van der Waals surface area (Å²) in [5.41, 5.74) is 0. The second kappa shape index (κ2) is 5.07. The minimum absolute atomic E-state index is 0.224. The molecule has 0 spiro atoms. The monoisotopic (exact) mass is 248 g/mol. The lowest BCUT2D eigenvalue weighted by Gasteiger charge is -2.44. The second-order valence-electron chi connectivity index (χ2n) is 6.53. The van der Waals surface area contributed by atoms with Gasteiger partial charge < -0.3 is 5.11 Å². The van der Waals surface area contributed by atoms with Crippen LogP contribution in [0.4, 0.5) is 0 Å². The Hall–Kier alpha value is -0.790. The molecular formula is C16H24O2. The van der Waals surface area contributed by atoms with E-state index in [0.29, 0.717) is 5.92 Å². The zero-order valence-electron chi connectivity index (χ0n) is 11.1. The maximum absolute atomic E-state index is 11.1. The van der Waals surface area contributed by atoms with E-state index >= 15 is 0 Å². The Bertz CT molecular complexity index is 347. The molecule has 0 heterocycles. The fourth-order valence-electron chi connectivity index (χ4n) is 4.67. The van der Waals surface area contributed by atoms with Gasteiger partial charge in [0.15, 0.2) is 0 Å². The summed E-state index contributed by atoms with van der Waals surface area (Å²) in [5, 5.41) is 9.18. The van der Waals surface area contributed by atoms with Crippen LogP contribution in [0.25, 0.3) is 0 Å². The molecule has 3 aliphatic rings. The van der Waals surface area contributed by atoms with Crippen LogP contribution in [0.3, 0.4) is 0 Å². The van der Waals surface area contributed by atoms with E-state index in [1.165, 1.54) is 38.5 Å². The lowest BCUT2D eigenvalue weighted by Crippen LogP contribution is -2.35. The zero-order chi connectivity index (χ0) is 12.5. The van der Waals surface area contributed by atoms with Crippen molar-refractivity contribution >= 4 is 5.97 Å². The fourth-order valence-corrected chi connectivity index (χ4v) is 4.67. The van der Waals surface area contributed by atoms with E-state index in [-0.39, 0.29) is 5.92 Å². The van der Waals surface area contributed by atoms with E-state index in [2.05, 4.69) is 6.08 Å². The van der Waals surface area contributed by atoms with E-state index in [4.69, 9.17) is 0 Å². The lowest BCUT2D eigenvalue weighted by atomic mass is 9.61. The first kappa shape index (κ1) is 12.3. The number of hydrogen-bond acceptors (Lipinski definition) is 1. The molecule has 0 aliphatic heterocycles. The zero-order valence-corrected chi connectivity index (χ0v) is 11.1. The quantitative estimate of drug-likeness (QED) is 0.715. The molecule has 0 bridgehead atoms. The molecule has 0 aromatic carbocycles. The first-order valence-corrected chi connectivity index (χ1v) is 7.67. The number of carbonyl (C=O) groups is 1. The van der Waals surface area contributed by atoms with Crippen molar-refractivity contribution in [1.29, 1.82) is 0 Å². The minimum Gasteiger partial charge on any atom is -0.481 e. The fraction of sp³-hybridized carbons (Fsp3) is 0.812. The van der Waals surface area contributed by atoms with Gasteiger partial charge in [0.1, 0.15) is 0 Å². The number of carboxylic acid groups (broad SMARTS) is 1. The van der Waals surface area contributed by atoms with Crippen LogP contribution in [0.2, 0.25) is 0 Å². The predicted octanol–water partition coefficient (Wildman–Crippen LogP) is 3.87. The third-order valence-corrected chi connectivity index (χ3v) is 5.65. The summed E-state index contributed by atoms with van der Waals surface area (Å²) < 4.78 is 0. The van der Waals surface area contributed by atoms with Crippen LogP contribution in [0.5, 0.6) is 0 Å². The number of carboxylic acids is 1. The van der Waals surface area contributed by atoms with Gasteiger partial charge in [0, 0.05) is 0 Å². The summed E-state index contributed by atoms with van der Waals surface area (Å²) in [6.07, 6.45) is 14.6. The SMILES string of the molecule is O=C(O)C1C=CC2C(CC1)CCC1CCCCC12. The molecular weight excluding hydrogens is 224 g/mol. The molecule has 2 nitrogen and oxygen atoms in total. The van der Waals surface area contributed by atoms with Crippen molar-refractivity contribution in [2.45, 2.75) is 51.4 Å². The highest BCUT2D eigenvalue weighted by molar-refractivity contribution is 5.72. The predicted molar refractivity (Wildman–Crippen MR) is 71.2 cm³/mol. The van der Waals surface area contributed by atoms with Crippen LogP contribution in [0, 0.1) is 29.6 Å². The number of allylic oxidation sites excluding steroid dienone is 1. The first-order valence-electron chi connectivity index (χ1n) is 7.67. The van der Waals surface area contributed by atoms with Crippen molar-refractivity contribution in [1.82, 2.24) is 0 Å². The van der Waals surface area contributed by atoms with Crippen molar-refractivity contribution < 1.29 is 9.90 Å². The normalized spacial score (nSPS) is 43.7. The van der Waals surface area contributed by atoms with E-state index in [1.54, 1.807) is 0 Å². The van der Waals surface area contributed by atoms with Crippen LogP contribution in [0.1, 0.15) is 51.4 Å². The van der Waals surface area contributed by atoms with Crippen molar-refractivity contribution in [3.63, 3.8) is 0 Å². The standard InChI is InChI=1S/C16H24O2/c17-16(18)13-8-7-12-6-5-11-3-1-2-4-14(11)15(12)10-9-13/h9-15H,1-8H2,(H,17,18). The summed E-state index contributed by atoms with van der Waals surface area (Å²) in [6, 6.07) is 0. The Morgan fingerprint density at radius 1 is 0.889 bits per heavy atom. The topological polar surface area (TPSA) is 37.3 Å². The van der Waals surface area contributed by atoms with E-state index < -0.39 is 5.97 Å². The van der Waals surface area contributed by atoms with Gasteiger partial charge in [0.25, 0.3) is 0 Å². The maximum atomic E-state index is 11.1. The van der Waals surface area contributed by atoms with Gasteiger partial charge in [-0.1, -0.05) is 31.4 Å². The molecule has 3 aliphatic carbocycles. The highest BCUT2D eigenvalue weighted by Crippen LogP contribution is 2.49. The molecule has 2 heteroatoms. The van der Waals surface area contributed by atoms with Crippen molar-refractivity contribution in [2.24, 2.45) is 29.6 Å². The molecule has 0 saturated heterocycles. The summed E-state index contributed by atoms with van der Waals surface area (Å²) in [5.74, 6) is 2.40. The van der Waals surface area contributed by atoms with Gasteiger partial charge in [-0.05, 0) is 55.8 Å². The van der Waals surface area contributed by atoms with E-state index in [9.17, 15) is 9.90 Å². The molecule has 3 rings (SSSR count). The summed E-state index contributed by atoms with van der Waals surface area (Å²) in [7, 11) is 0. The van der Waals surface area contributed by atoms with E-state index in [1.807, 2.05) is 6.08 Å². The maximum Gasteiger partial charge on any atom is 0.310 e. The highest BCUT2D eigenvalue weighted by Gasteiger charge is 2.40. The average molecular weight is 248 g/mol. The summed E-state index contributed by atoms with van der Waals surface area (Å²) in [4.78, 5) is 11.1. The van der Waals surface area contributed by atoms with Crippen LogP contribution in [0.15, 0.2) is 12.2 Å². The molecule has 0 amide bonds. The third-order valence-electron chi connectivity index (χ3n) is 5.65. The molecule has 0 aromatic rings. The van der Waals surface area contributed by atoms with Gasteiger partial charge in [0.05, 0.1) is 5.92 Å².